The molecule has 1 aromatic carbocycles. The van der Waals surface area contributed by atoms with E-state index in [1.54, 1.807) is 6.20 Å². The lowest BCUT2D eigenvalue weighted by molar-refractivity contribution is 0.448. The quantitative estimate of drug-likeness (QED) is 0.775. The molecule has 0 aliphatic carbocycles. The normalized spacial score (nSPS) is 10.6. The number of hydrogen-bond acceptors (Lipinski definition) is 3. The molecule has 90 valence electrons. The van der Waals surface area contributed by atoms with Crippen molar-refractivity contribution in [3.05, 3.63) is 53.7 Å². The zero-order valence-electron chi connectivity index (χ0n) is 10.1. The van der Waals surface area contributed by atoms with E-state index in [2.05, 4.69) is 34.6 Å². The maximum absolute atomic E-state index is 5.37. The van der Waals surface area contributed by atoms with Gasteiger partial charge in [-0.05, 0) is 31.9 Å². The van der Waals surface area contributed by atoms with Crippen LogP contribution in [0.25, 0.3) is 0 Å². The number of hydrogen-bond donors (Lipinski definition) is 1. The molecule has 0 spiro atoms. The van der Waals surface area contributed by atoms with Gasteiger partial charge in [0.2, 0.25) is 5.89 Å². The summed E-state index contributed by atoms with van der Waals surface area (Å²) in [5, 5.41) is 3.33. The summed E-state index contributed by atoms with van der Waals surface area (Å²) < 4.78 is 5.37. The van der Waals surface area contributed by atoms with Gasteiger partial charge in [0.15, 0.2) is 0 Å². The fourth-order valence-electron chi connectivity index (χ4n) is 1.74. The number of oxazole rings is 1. The number of aryl methyl sites for hydroxylation is 2. The molecule has 0 atom stereocenters. The average Bonchev–Trinajstić information content (AvgIpc) is 2.76. The van der Waals surface area contributed by atoms with Crippen molar-refractivity contribution in [1.29, 1.82) is 0 Å². The van der Waals surface area contributed by atoms with Crippen molar-refractivity contribution in [2.24, 2.45) is 0 Å². The second-order valence-electron chi connectivity index (χ2n) is 4.13. The number of rotatable bonds is 6. The smallest absolute Gasteiger partial charge is 0.208 e. The van der Waals surface area contributed by atoms with Crippen molar-refractivity contribution < 1.29 is 4.42 Å². The first-order chi connectivity index (χ1) is 8.34. The Morgan fingerprint density at radius 3 is 2.76 bits per heavy atom. The molecular formula is C14H18N2O. The molecule has 0 radical (unpaired) electrons. The molecule has 0 bridgehead atoms. The fraction of sp³-hybridized carbons (Fsp3) is 0.357. The SMILES string of the molecule is Cc1cnc(CNCCCc2ccccc2)o1. The van der Waals surface area contributed by atoms with Gasteiger partial charge in [-0.2, -0.15) is 0 Å². The van der Waals surface area contributed by atoms with Crippen LogP contribution in [0.4, 0.5) is 0 Å². The third-order valence-electron chi connectivity index (χ3n) is 2.61. The highest BCUT2D eigenvalue weighted by Gasteiger charge is 1.99. The van der Waals surface area contributed by atoms with E-state index in [9.17, 15) is 0 Å². The van der Waals surface area contributed by atoms with Crippen molar-refractivity contribution in [2.45, 2.75) is 26.3 Å². The summed E-state index contributed by atoms with van der Waals surface area (Å²) in [5.41, 5.74) is 1.39. The maximum atomic E-state index is 5.37. The topological polar surface area (TPSA) is 38.1 Å². The summed E-state index contributed by atoms with van der Waals surface area (Å²) in [5.74, 6) is 1.63. The van der Waals surface area contributed by atoms with Gasteiger partial charge in [0, 0.05) is 0 Å². The highest BCUT2D eigenvalue weighted by molar-refractivity contribution is 5.14. The zero-order chi connectivity index (χ0) is 11.9. The van der Waals surface area contributed by atoms with Crippen LogP contribution in [0.2, 0.25) is 0 Å². The third-order valence-corrected chi connectivity index (χ3v) is 2.61. The van der Waals surface area contributed by atoms with Crippen LogP contribution in [0.1, 0.15) is 23.6 Å². The minimum atomic E-state index is 0.711. The Hall–Kier alpha value is -1.61. The first-order valence-corrected chi connectivity index (χ1v) is 6.00. The number of nitrogens with zero attached hydrogens (tertiary/aromatic N) is 1. The van der Waals surface area contributed by atoms with Gasteiger partial charge < -0.3 is 9.73 Å². The number of benzene rings is 1. The Bertz CT molecular complexity index is 436. The fourth-order valence-corrected chi connectivity index (χ4v) is 1.74. The number of nitrogens with one attached hydrogen (secondary N) is 1. The summed E-state index contributed by atoms with van der Waals surface area (Å²) in [4.78, 5) is 4.14. The third kappa shape index (κ3) is 4.04. The van der Waals surface area contributed by atoms with Crippen molar-refractivity contribution in [1.82, 2.24) is 10.3 Å². The van der Waals surface area contributed by atoms with Crippen molar-refractivity contribution in [3.63, 3.8) is 0 Å². The van der Waals surface area contributed by atoms with E-state index >= 15 is 0 Å². The first kappa shape index (κ1) is 11.9. The molecule has 2 aromatic rings. The summed E-state index contributed by atoms with van der Waals surface area (Å²) in [7, 11) is 0. The van der Waals surface area contributed by atoms with Gasteiger partial charge in [0.1, 0.15) is 5.76 Å². The minimum Gasteiger partial charge on any atom is -0.445 e. The van der Waals surface area contributed by atoms with Gasteiger partial charge in [0.05, 0.1) is 12.7 Å². The largest absolute Gasteiger partial charge is 0.445 e. The van der Waals surface area contributed by atoms with Gasteiger partial charge in [-0.15, -0.1) is 0 Å². The van der Waals surface area contributed by atoms with E-state index in [0.717, 1.165) is 31.0 Å². The van der Waals surface area contributed by atoms with E-state index in [-0.39, 0.29) is 0 Å². The maximum Gasteiger partial charge on any atom is 0.208 e. The molecule has 0 fully saturated rings. The van der Waals surface area contributed by atoms with Gasteiger partial charge in [-0.3, -0.25) is 0 Å². The molecule has 1 heterocycles. The molecule has 3 nitrogen and oxygen atoms in total. The van der Waals surface area contributed by atoms with Gasteiger partial charge in [0.25, 0.3) is 0 Å². The summed E-state index contributed by atoms with van der Waals surface area (Å²) >= 11 is 0. The standard InChI is InChI=1S/C14H18N2O/c1-12-10-16-14(17-12)11-15-9-5-8-13-6-3-2-4-7-13/h2-4,6-7,10,15H,5,8-9,11H2,1H3. The Morgan fingerprint density at radius 1 is 1.24 bits per heavy atom. The van der Waals surface area contributed by atoms with Crippen LogP contribution in [-0.2, 0) is 13.0 Å². The van der Waals surface area contributed by atoms with Gasteiger partial charge >= 0.3 is 0 Å². The highest BCUT2D eigenvalue weighted by atomic mass is 16.4. The second-order valence-corrected chi connectivity index (χ2v) is 4.13. The highest BCUT2D eigenvalue weighted by Crippen LogP contribution is 2.03. The summed E-state index contributed by atoms with van der Waals surface area (Å²) in [6, 6.07) is 10.5. The molecule has 1 N–H and O–H groups in total. The van der Waals surface area contributed by atoms with Crippen LogP contribution in [0.5, 0.6) is 0 Å². The monoisotopic (exact) mass is 230 g/mol. The minimum absolute atomic E-state index is 0.711. The van der Waals surface area contributed by atoms with Crippen molar-refractivity contribution in [3.8, 4) is 0 Å². The molecule has 3 heteroatoms. The average molecular weight is 230 g/mol. The van der Waals surface area contributed by atoms with Gasteiger partial charge in [-0.25, -0.2) is 4.98 Å². The van der Waals surface area contributed by atoms with E-state index in [1.807, 2.05) is 13.0 Å². The van der Waals surface area contributed by atoms with Crippen LogP contribution in [0, 0.1) is 6.92 Å². The Labute approximate surface area is 102 Å². The molecule has 0 aliphatic heterocycles. The summed E-state index contributed by atoms with van der Waals surface area (Å²) in [6.45, 7) is 3.60. The predicted molar refractivity (Wildman–Crippen MR) is 67.7 cm³/mol. The zero-order valence-corrected chi connectivity index (χ0v) is 10.1. The lowest BCUT2D eigenvalue weighted by atomic mass is 10.1. The molecule has 17 heavy (non-hydrogen) atoms. The molecule has 0 saturated heterocycles. The number of aromatic nitrogens is 1. The first-order valence-electron chi connectivity index (χ1n) is 6.00. The molecule has 2 rings (SSSR count). The van der Waals surface area contributed by atoms with Crippen molar-refractivity contribution >= 4 is 0 Å². The molecular weight excluding hydrogens is 212 g/mol. The van der Waals surface area contributed by atoms with Crippen LogP contribution in [0.15, 0.2) is 40.9 Å². The molecule has 0 unspecified atom stereocenters. The molecule has 0 amide bonds. The molecule has 1 aromatic heterocycles. The van der Waals surface area contributed by atoms with E-state index in [4.69, 9.17) is 4.42 Å². The second kappa shape index (κ2) is 6.21. The lowest BCUT2D eigenvalue weighted by Crippen LogP contribution is -2.15. The van der Waals surface area contributed by atoms with E-state index in [1.165, 1.54) is 5.56 Å². The Kier molecular flexibility index (Phi) is 4.33. The molecule has 0 aliphatic rings. The summed E-state index contributed by atoms with van der Waals surface area (Å²) in [6.07, 6.45) is 3.99. The molecule has 0 saturated carbocycles. The predicted octanol–water partition coefficient (Wildman–Crippen LogP) is 2.71. The Morgan fingerprint density at radius 2 is 2.06 bits per heavy atom. The van der Waals surface area contributed by atoms with E-state index in [0.29, 0.717) is 6.54 Å². The van der Waals surface area contributed by atoms with Crippen molar-refractivity contribution in [2.75, 3.05) is 6.54 Å². The van der Waals surface area contributed by atoms with Crippen LogP contribution >= 0.6 is 0 Å². The van der Waals surface area contributed by atoms with Crippen LogP contribution in [-0.4, -0.2) is 11.5 Å². The lowest BCUT2D eigenvalue weighted by Gasteiger charge is -2.02. The van der Waals surface area contributed by atoms with Crippen LogP contribution < -0.4 is 5.32 Å². The van der Waals surface area contributed by atoms with E-state index < -0.39 is 0 Å². The van der Waals surface area contributed by atoms with Gasteiger partial charge in [-0.1, -0.05) is 30.3 Å². The Balaban J connectivity index is 1.61. The van der Waals surface area contributed by atoms with Crippen LogP contribution in [0.3, 0.4) is 0 Å².